The maximum atomic E-state index is 13.0. The van der Waals surface area contributed by atoms with E-state index in [1.54, 1.807) is 4.90 Å². The first kappa shape index (κ1) is 20.0. The van der Waals surface area contributed by atoms with Crippen LogP contribution in [-0.4, -0.2) is 46.0 Å². The van der Waals surface area contributed by atoms with E-state index in [0.29, 0.717) is 19.5 Å². The van der Waals surface area contributed by atoms with E-state index in [2.05, 4.69) is 10.3 Å². The maximum absolute atomic E-state index is 13.0. The summed E-state index contributed by atoms with van der Waals surface area (Å²) in [4.78, 5) is 29.0. The number of carbonyl (C=O) groups is 2. The second kappa shape index (κ2) is 8.59. The van der Waals surface area contributed by atoms with Gasteiger partial charge in [-0.05, 0) is 54.8 Å². The fraction of sp³-hybridized carbons (Fsp3) is 0.304. The quantitative estimate of drug-likeness (QED) is 0.619. The van der Waals surface area contributed by atoms with E-state index in [-0.39, 0.29) is 18.9 Å². The molecule has 1 aliphatic rings. The Morgan fingerprint density at radius 3 is 2.90 bits per heavy atom. The summed E-state index contributed by atoms with van der Waals surface area (Å²) in [7, 11) is 0. The number of aliphatic carboxylic acids is 1. The Kier molecular flexibility index (Phi) is 5.72. The number of hydrogen-bond acceptors (Lipinski definition) is 4. The number of fused-ring (bicyclic) bond motifs is 3. The van der Waals surface area contributed by atoms with Crippen LogP contribution in [0.3, 0.4) is 0 Å². The summed E-state index contributed by atoms with van der Waals surface area (Å²) in [5.74, 6) is 0.474. The third-order valence-corrected chi connectivity index (χ3v) is 5.41. The average molecular weight is 407 g/mol. The Morgan fingerprint density at radius 1 is 1.23 bits per heavy atom. The summed E-state index contributed by atoms with van der Waals surface area (Å²) in [5, 5.41) is 13.4. The molecule has 7 heteroatoms. The molecule has 0 radical (unpaired) electrons. The van der Waals surface area contributed by atoms with Gasteiger partial charge in [0.1, 0.15) is 11.5 Å². The molecule has 7 nitrogen and oxygen atoms in total. The predicted molar refractivity (Wildman–Crippen MR) is 114 cm³/mol. The fourth-order valence-electron chi connectivity index (χ4n) is 3.73. The van der Waals surface area contributed by atoms with Crippen LogP contribution in [0.1, 0.15) is 24.5 Å². The number of carboxylic acid groups (broad SMARTS) is 1. The summed E-state index contributed by atoms with van der Waals surface area (Å²) < 4.78 is 6.07. The molecule has 4 rings (SSSR count). The zero-order chi connectivity index (χ0) is 21.1. The zero-order valence-electron chi connectivity index (χ0n) is 16.9. The topological polar surface area (TPSA) is 94.7 Å². The summed E-state index contributed by atoms with van der Waals surface area (Å²) >= 11 is 0. The minimum atomic E-state index is -0.912. The number of amides is 1. The van der Waals surface area contributed by atoms with Crippen LogP contribution in [0.25, 0.3) is 10.9 Å². The summed E-state index contributed by atoms with van der Waals surface area (Å²) in [5.41, 5.74) is 3.06. The summed E-state index contributed by atoms with van der Waals surface area (Å²) in [6.07, 6.45) is 2.48. The van der Waals surface area contributed by atoms with Crippen LogP contribution in [0.15, 0.2) is 48.7 Å². The van der Waals surface area contributed by atoms with Crippen molar-refractivity contribution in [2.75, 3.05) is 13.1 Å². The molecule has 3 aromatic rings. The van der Waals surface area contributed by atoms with Gasteiger partial charge in [0.25, 0.3) is 0 Å². The number of rotatable bonds is 3. The van der Waals surface area contributed by atoms with Crippen molar-refractivity contribution in [2.45, 2.75) is 32.4 Å². The van der Waals surface area contributed by atoms with Crippen molar-refractivity contribution in [1.82, 2.24) is 15.2 Å². The van der Waals surface area contributed by atoms with E-state index in [1.807, 2.05) is 55.6 Å². The van der Waals surface area contributed by atoms with Gasteiger partial charge < -0.3 is 25.0 Å². The lowest BCUT2D eigenvalue weighted by atomic mass is 10.1. The smallest absolute Gasteiger partial charge is 0.305 e. The molecule has 1 amide bonds. The first-order valence-electron chi connectivity index (χ1n) is 10.1. The van der Waals surface area contributed by atoms with Crippen molar-refractivity contribution in [2.24, 2.45) is 0 Å². The number of nitrogens with one attached hydrogen (secondary N) is 2. The van der Waals surface area contributed by atoms with Crippen molar-refractivity contribution in [3.05, 3.63) is 59.8 Å². The largest absolute Gasteiger partial charge is 0.481 e. The van der Waals surface area contributed by atoms with Crippen LogP contribution in [0.4, 0.5) is 0 Å². The molecule has 30 heavy (non-hydrogen) atoms. The second-order valence-electron chi connectivity index (χ2n) is 7.59. The molecule has 0 saturated heterocycles. The van der Waals surface area contributed by atoms with Gasteiger partial charge in [-0.2, -0.15) is 0 Å². The molecule has 0 saturated carbocycles. The van der Waals surface area contributed by atoms with E-state index in [0.717, 1.165) is 33.5 Å². The molecule has 1 aromatic heterocycles. The monoisotopic (exact) mass is 407 g/mol. The molecular formula is C23H25N3O4. The van der Waals surface area contributed by atoms with E-state index < -0.39 is 12.0 Å². The van der Waals surface area contributed by atoms with Gasteiger partial charge >= 0.3 is 5.97 Å². The van der Waals surface area contributed by atoms with E-state index >= 15 is 0 Å². The SMILES string of the molecule is C[C@H]1NCc2cccc(c2)Oc2ccc3[nH]cc(c3c2)CCN(CCC(=O)O)C1=O. The number of carboxylic acids is 1. The molecule has 0 fully saturated rings. The Bertz CT molecular complexity index is 1080. The van der Waals surface area contributed by atoms with Crippen LogP contribution in [0.5, 0.6) is 11.5 Å². The normalized spacial score (nSPS) is 17.4. The van der Waals surface area contributed by atoms with Gasteiger partial charge in [-0.15, -0.1) is 0 Å². The van der Waals surface area contributed by atoms with Crippen molar-refractivity contribution in [1.29, 1.82) is 0 Å². The lowest BCUT2D eigenvalue weighted by Gasteiger charge is -2.26. The Labute approximate surface area is 174 Å². The minimum Gasteiger partial charge on any atom is -0.481 e. The van der Waals surface area contributed by atoms with Gasteiger partial charge in [0.2, 0.25) is 5.91 Å². The Hall–Kier alpha value is -3.32. The minimum absolute atomic E-state index is 0.0770. The highest BCUT2D eigenvalue weighted by Crippen LogP contribution is 2.28. The number of carbonyl (C=O) groups excluding carboxylic acids is 1. The molecule has 1 aliphatic heterocycles. The Morgan fingerprint density at radius 2 is 2.07 bits per heavy atom. The molecule has 1 atom stereocenters. The maximum Gasteiger partial charge on any atom is 0.305 e. The number of benzene rings is 2. The summed E-state index contributed by atoms with van der Waals surface area (Å²) in [6, 6.07) is 13.2. The van der Waals surface area contributed by atoms with E-state index in [9.17, 15) is 9.59 Å². The molecule has 2 heterocycles. The van der Waals surface area contributed by atoms with E-state index in [1.165, 1.54) is 0 Å². The van der Waals surface area contributed by atoms with Gasteiger partial charge in [0.15, 0.2) is 0 Å². The Balaban J connectivity index is 1.69. The lowest BCUT2D eigenvalue weighted by molar-refractivity contribution is -0.139. The predicted octanol–water partition coefficient (Wildman–Crippen LogP) is 3.30. The van der Waals surface area contributed by atoms with Crippen LogP contribution < -0.4 is 10.1 Å². The standard InChI is InChI=1S/C23H25N3O4/c1-15-23(29)26(10-8-22(27)28)9-7-17-14-25-21-6-5-19(12-20(17)21)30-18-4-2-3-16(11-18)13-24-15/h2-6,11-12,14-15,24-25H,7-10,13H2,1H3,(H,27,28)/t15-/m1/s1. The van der Waals surface area contributed by atoms with Crippen LogP contribution in [-0.2, 0) is 22.6 Å². The molecule has 2 aromatic carbocycles. The lowest BCUT2D eigenvalue weighted by Crippen LogP contribution is -2.46. The molecule has 4 bridgehead atoms. The fourth-order valence-corrected chi connectivity index (χ4v) is 3.73. The number of aromatic amines is 1. The van der Waals surface area contributed by atoms with Crippen molar-refractivity contribution < 1.29 is 19.4 Å². The number of H-pyrrole nitrogens is 1. The molecular weight excluding hydrogens is 382 g/mol. The number of nitrogens with zero attached hydrogens (tertiary/aromatic N) is 1. The highest BCUT2D eigenvalue weighted by atomic mass is 16.5. The number of hydrogen-bond donors (Lipinski definition) is 3. The number of ether oxygens (including phenoxy) is 1. The average Bonchev–Trinajstić information content (AvgIpc) is 3.13. The van der Waals surface area contributed by atoms with Gasteiger partial charge in [0, 0.05) is 36.7 Å². The molecule has 3 N–H and O–H groups in total. The first-order chi connectivity index (χ1) is 14.5. The van der Waals surface area contributed by atoms with Crippen molar-refractivity contribution in [3.8, 4) is 11.5 Å². The highest BCUT2D eigenvalue weighted by Gasteiger charge is 2.21. The third-order valence-electron chi connectivity index (χ3n) is 5.41. The third kappa shape index (κ3) is 4.46. The van der Waals surface area contributed by atoms with Crippen molar-refractivity contribution >= 4 is 22.8 Å². The van der Waals surface area contributed by atoms with Gasteiger partial charge in [-0.1, -0.05) is 12.1 Å². The van der Waals surface area contributed by atoms with Crippen LogP contribution in [0, 0.1) is 0 Å². The molecule has 0 aliphatic carbocycles. The molecule has 156 valence electrons. The van der Waals surface area contributed by atoms with E-state index in [4.69, 9.17) is 9.84 Å². The summed E-state index contributed by atoms with van der Waals surface area (Å²) in [6.45, 7) is 2.96. The van der Waals surface area contributed by atoms with Crippen LogP contribution in [0.2, 0.25) is 0 Å². The second-order valence-corrected chi connectivity index (χ2v) is 7.59. The first-order valence-corrected chi connectivity index (χ1v) is 10.1. The zero-order valence-corrected chi connectivity index (χ0v) is 16.9. The number of aromatic nitrogens is 1. The van der Waals surface area contributed by atoms with Crippen molar-refractivity contribution in [3.63, 3.8) is 0 Å². The van der Waals surface area contributed by atoms with Gasteiger partial charge in [0.05, 0.1) is 12.5 Å². The van der Waals surface area contributed by atoms with Gasteiger partial charge in [-0.25, -0.2) is 0 Å². The highest BCUT2D eigenvalue weighted by molar-refractivity contribution is 5.85. The molecule has 0 unspecified atom stereocenters. The van der Waals surface area contributed by atoms with Gasteiger partial charge in [-0.3, -0.25) is 9.59 Å². The molecule has 0 spiro atoms. The van der Waals surface area contributed by atoms with Crippen LogP contribution >= 0.6 is 0 Å².